The van der Waals surface area contributed by atoms with Crippen LogP contribution in [-0.4, -0.2) is 37.7 Å². The second kappa shape index (κ2) is 8.10. The maximum absolute atomic E-state index is 12.2. The number of amides is 1. The zero-order valence-electron chi connectivity index (χ0n) is 12.9. The molecule has 0 spiro atoms. The van der Waals surface area contributed by atoms with E-state index in [2.05, 4.69) is 5.32 Å². The van der Waals surface area contributed by atoms with Crippen molar-refractivity contribution in [3.8, 4) is 0 Å². The van der Waals surface area contributed by atoms with Gasteiger partial charge in [0.1, 0.15) is 4.88 Å². The van der Waals surface area contributed by atoms with Gasteiger partial charge in [0.2, 0.25) is 0 Å². The monoisotopic (exact) mass is 421 g/mol. The van der Waals surface area contributed by atoms with Crippen LogP contribution in [0.15, 0.2) is 12.1 Å². The van der Waals surface area contributed by atoms with Crippen molar-refractivity contribution in [1.29, 1.82) is 0 Å². The highest BCUT2D eigenvalue weighted by Gasteiger charge is 2.22. The number of fused-ring (bicyclic) bond motifs is 1. The molecular formula is C16H14Cl3NO4S. The Morgan fingerprint density at radius 2 is 2.12 bits per heavy atom. The van der Waals surface area contributed by atoms with E-state index in [1.165, 1.54) is 0 Å². The summed E-state index contributed by atoms with van der Waals surface area (Å²) in [5.41, 5.74) is 0. The molecular weight excluding hydrogens is 409 g/mol. The maximum atomic E-state index is 12.2. The van der Waals surface area contributed by atoms with Gasteiger partial charge in [0.25, 0.3) is 5.91 Å². The number of carbonyl (C=O) groups excluding carboxylic acids is 2. The number of thiophene rings is 1. The summed E-state index contributed by atoms with van der Waals surface area (Å²) in [4.78, 5) is 24.2. The van der Waals surface area contributed by atoms with Crippen molar-refractivity contribution in [3.63, 3.8) is 0 Å². The Kier molecular flexibility index (Phi) is 6.07. The normalized spacial score (nSPS) is 17.0. The average molecular weight is 423 g/mol. The Morgan fingerprint density at radius 1 is 1.32 bits per heavy atom. The van der Waals surface area contributed by atoms with E-state index in [0.717, 1.165) is 24.2 Å². The molecule has 2 heterocycles. The molecule has 1 fully saturated rings. The standard InChI is InChI=1S/C16H14Cl3NO4S/c17-8-4-10(18)13-11(5-8)25-15(14(13)19)16(22)24-7-12(21)20-6-9-2-1-3-23-9/h4-5,9H,1-3,6-7H2,(H,20,21). The fraction of sp³-hybridized carbons (Fsp3) is 0.375. The molecule has 1 atom stereocenters. The predicted octanol–water partition coefficient (Wildman–Crippen LogP) is 4.31. The first-order valence-electron chi connectivity index (χ1n) is 7.58. The Labute approximate surface area is 163 Å². The molecule has 1 N–H and O–H groups in total. The van der Waals surface area contributed by atoms with Crippen molar-refractivity contribution in [1.82, 2.24) is 5.32 Å². The van der Waals surface area contributed by atoms with Crippen LogP contribution in [0.4, 0.5) is 0 Å². The Morgan fingerprint density at radius 3 is 2.84 bits per heavy atom. The fourth-order valence-electron chi connectivity index (χ4n) is 2.52. The maximum Gasteiger partial charge on any atom is 0.350 e. The fourth-order valence-corrected chi connectivity index (χ4v) is 4.79. The van der Waals surface area contributed by atoms with Crippen LogP contribution >= 0.6 is 46.1 Å². The van der Waals surface area contributed by atoms with E-state index < -0.39 is 5.97 Å². The zero-order chi connectivity index (χ0) is 18.0. The summed E-state index contributed by atoms with van der Waals surface area (Å²) in [7, 11) is 0. The van der Waals surface area contributed by atoms with Gasteiger partial charge >= 0.3 is 5.97 Å². The lowest BCUT2D eigenvalue weighted by molar-refractivity contribution is -0.124. The van der Waals surface area contributed by atoms with E-state index in [4.69, 9.17) is 44.3 Å². The predicted molar refractivity (Wildman–Crippen MR) is 99.1 cm³/mol. The third-order valence-corrected chi connectivity index (χ3v) is 5.84. The smallest absolute Gasteiger partial charge is 0.350 e. The quantitative estimate of drug-likeness (QED) is 0.729. The summed E-state index contributed by atoms with van der Waals surface area (Å²) in [5.74, 6) is -1.06. The minimum absolute atomic E-state index is 0.0311. The molecule has 0 radical (unpaired) electrons. The zero-order valence-corrected chi connectivity index (χ0v) is 16.0. The summed E-state index contributed by atoms with van der Waals surface area (Å²) >= 11 is 19.4. The lowest BCUT2D eigenvalue weighted by Gasteiger charge is -2.10. The van der Waals surface area contributed by atoms with E-state index in [1.807, 2.05) is 0 Å². The third-order valence-electron chi connectivity index (χ3n) is 3.72. The van der Waals surface area contributed by atoms with Gasteiger partial charge in [-0.2, -0.15) is 0 Å². The largest absolute Gasteiger partial charge is 0.451 e. The summed E-state index contributed by atoms with van der Waals surface area (Å²) in [5, 5.41) is 4.24. The Hall–Kier alpha value is -1.05. The van der Waals surface area contributed by atoms with Crippen LogP contribution in [0, 0.1) is 0 Å². The first-order valence-corrected chi connectivity index (χ1v) is 9.53. The minimum atomic E-state index is -0.675. The first kappa shape index (κ1) is 18.7. The number of nitrogens with one attached hydrogen (secondary N) is 1. The number of ether oxygens (including phenoxy) is 2. The molecule has 9 heteroatoms. The van der Waals surface area contributed by atoms with Gasteiger partial charge in [-0.3, -0.25) is 4.79 Å². The van der Waals surface area contributed by atoms with Crippen LogP contribution in [0.25, 0.3) is 10.1 Å². The lowest BCUT2D eigenvalue weighted by atomic mass is 10.2. The molecule has 3 rings (SSSR count). The highest BCUT2D eigenvalue weighted by Crippen LogP contribution is 2.41. The van der Waals surface area contributed by atoms with Gasteiger partial charge in [-0.25, -0.2) is 4.79 Å². The van der Waals surface area contributed by atoms with Gasteiger partial charge in [-0.15, -0.1) is 11.3 Å². The number of hydrogen-bond acceptors (Lipinski definition) is 5. The van der Waals surface area contributed by atoms with Crippen LogP contribution in [0.5, 0.6) is 0 Å². The van der Waals surface area contributed by atoms with Crippen molar-refractivity contribution >= 4 is 68.1 Å². The second-order valence-electron chi connectivity index (χ2n) is 5.52. The van der Waals surface area contributed by atoms with Crippen LogP contribution < -0.4 is 5.32 Å². The molecule has 25 heavy (non-hydrogen) atoms. The van der Waals surface area contributed by atoms with Gasteiger partial charge in [0, 0.05) is 28.3 Å². The molecule has 0 bridgehead atoms. The van der Waals surface area contributed by atoms with E-state index >= 15 is 0 Å². The Bertz CT molecular complexity index is 817. The number of halogens is 3. The van der Waals surface area contributed by atoms with Crippen molar-refractivity contribution in [2.75, 3.05) is 19.8 Å². The van der Waals surface area contributed by atoms with Gasteiger partial charge < -0.3 is 14.8 Å². The number of rotatable bonds is 5. The SMILES string of the molecule is O=C(COC(=O)c1sc2cc(Cl)cc(Cl)c2c1Cl)NCC1CCCO1. The van der Waals surface area contributed by atoms with E-state index in [-0.39, 0.29) is 28.5 Å². The lowest BCUT2D eigenvalue weighted by Crippen LogP contribution is -2.34. The van der Waals surface area contributed by atoms with Gasteiger partial charge in [-0.05, 0) is 25.0 Å². The molecule has 0 aliphatic carbocycles. The molecule has 2 aromatic rings. The number of benzene rings is 1. The van der Waals surface area contributed by atoms with Crippen molar-refractivity contribution in [2.24, 2.45) is 0 Å². The molecule has 1 aliphatic rings. The summed E-state index contributed by atoms with van der Waals surface area (Å²) in [6, 6.07) is 3.22. The van der Waals surface area contributed by atoms with Crippen molar-refractivity contribution in [3.05, 3.63) is 32.1 Å². The van der Waals surface area contributed by atoms with E-state index in [9.17, 15) is 9.59 Å². The van der Waals surface area contributed by atoms with Crippen molar-refractivity contribution < 1.29 is 19.1 Å². The van der Waals surface area contributed by atoms with Gasteiger partial charge in [0.05, 0.1) is 16.1 Å². The van der Waals surface area contributed by atoms with Crippen LogP contribution in [0.2, 0.25) is 15.1 Å². The number of hydrogen-bond donors (Lipinski definition) is 1. The summed E-state index contributed by atoms with van der Waals surface area (Å²) in [6.07, 6.45) is 1.94. The molecule has 1 aliphatic heterocycles. The third kappa shape index (κ3) is 4.38. The highest BCUT2D eigenvalue weighted by atomic mass is 35.5. The van der Waals surface area contributed by atoms with Gasteiger partial charge in [0.15, 0.2) is 6.61 Å². The van der Waals surface area contributed by atoms with Crippen LogP contribution in [-0.2, 0) is 14.3 Å². The molecule has 1 aromatic carbocycles. The van der Waals surface area contributed by atoms with Gasteiger partial charge in [-0.1, -0.05) is 34.8 Å². The molecule has 1 aromatic heterocycles. The molecule has 1 saturated heterocycles. The van der Waals surface area contributed by atoms with E-state index in [0.29, 0.717) is 33.3 Å². The second-order valence-corrected chi connectivity index (χ2v) is 7.79. The number of esters is 1. The summed E-state index contributed by atoms with van der Waals surface area (Å²) in [6.45, 7) is 0.741. The number of carbonyl (C=O) groups is 2. The first-order chi connectivity index (χ1) is 12.0. The van der Waals surface area contributed by atoms with Crippen LogP contribution in [0.3, 0.4) is 0 Å². The molecule has 134 valence electrons. The molecule has 1 amide bonds. The minimum Gasteiger partial charge on any atom is -0.451 e. The Balaban J connectivity index is 1.61. The van der Waals surface area contributed by atoms with Crippen LogP contribution in [0.1, 0.15) is 22.5 Å². The van der Waals surface area contributed by atoms with E-state index in [1.54, 1.807) is 12.1 Å². The average Bonchev–Trinajstić information content (AvgIpc) is 3.18. The van der Waals surface area contributed by atoms with Crippen molar-refractivity contribution in [2.45, 2.75) is 18.9 Å². The topological polar surface area (TPSA) is 64.6 Å². The molecule has 5 nitrogen and oxygen atoms in total. The highest BCUT2D eigenvalue weighted by molar-refractivity contribution is 7.21. The molecule has 1 unspecified atom stereocenters. The molecule has 0 saturated carbocycles. The summed E-state index contributed by atoms with van der Waals surface area (Å²) < 4.78 is 11.1.